The molecule has 1 amide bonds. The van der Waals surface area contributed by atoms with Crippen LogP contribution in [0.3, 0.4) is 0 Å². The van der Waals surface area contributed by atoms with Crippen molar-refractivity contribution < 1.29 is 9.53 Å². The van der Waals surface area contributed by atoms with Crippen molar-refractivity contribution in [3.8, 4) is 0 Å². The molecule has 0 aromatic carbocycles. The van der Waals surface area contributed by atoms with Crippen LogP contribution in [0.5, 0.6) is 0 Å². The van der Waals surface area contributed by atoms with Gasteiger partial charge in [-0.3, -0.25) is 4.79 Å². The third-order valence-electron chi connectivity index (χ3n) is 3.12. The number of nitrogens with one attached hydrogen (secondary N) is 2. The number of ether oxygens (including phenoxy) is 1. The molecule has 1 aromatic rings. The molecule has 0 unspecified atom stereocenters. The first-order valence-electron chi connectivity index (χ1n) is 7.65. The topological polar surface area (TPSA) is 85.2 Å². The highest BCUT2D eigenvalue weighted by atomic mass is 16.6. The molecule has 2 rings (SSSR count). The number of carbonyl (C=O) groups excluding carboxylic acids is 1. The Balaban J connectivity index is 1.70. The van der Waals surface area contributed by atoms with Gasteiger partial charge in [0.25, 0.3) is 5.56 Å². The van der Waals surface area contributed by atoms with Gasteiger partial charge in [0.15, 0.2) is 5.82 Å². The van der Waals surface area contributed by atoms with E-state index in [9.17, 15) is 9.59 Å². The van der Waals surface area contributed by atoms with E-state index in [1.807, 2.05) is 20.8 Å². The first kappa shape index (κ1) is 16.3. The van der Waals surface area contributed by atoms with Crippen LogP contribution in [0.2, 0.25) is 0 Å². The molecular weight excluding hydrogens is 284 g/mol. The Hall–Kier alpha value is -2.05. The average molecular weight is 308 g/mol. The summed E-state index contributed by atoms with van der Waals surface area (Å²) in [6.45, 7) is 6.50. The molecule has 7 heteroatoms. The van der Waals surface area contributed by atoms with Crippen molar-refractivity contribution in [3.63, 3.8) is 0 Å². The highest BCUT2D eigenvalue weighted by Crippen LogP contribution is 2.33. The lowest BCUT2D eigenvalue weighted by Gasteiger charge is -2.19. The predicted octanol–water partition coefficient (Wildman–Crippen LogP) is 1.90. The van der Waals surface area contributed by atoms with Crippen molar-refractivity contribution in [2.75, 3.05) is 18.4 Å². The second-order valence-corrected chi connectivity index (χ2v) is 6.43. The molecule has 0 atom stereocenters. The lowest BCUT2D eigenvalue weighted by molar-refractivity contribution is 0.0528. The summed E-state index contributed by atoms with van der Waals surface area (Å²) in [7, 11) is 0. The Morgan fingerprint density at radius 1 is 1.41 bits per heavy atom. The van der Waals surface area contributed by atoms with Gasteiger partial charge in [0.2, 0.25) is 0 Å². The van der Waals surface area contributed by atoms with E-state index in [1.165, 1.54) is 0 Å². The molecule has 1 heterocycles. The maximum Gasteiger partial charge on any atom is 0.407 e. The largest absolute Gasteiger partial charge is 0.444 e. The number of alkyl carbamates (subject to hydrolysis) is 1. The number of hydrogen-bond acceptors (Lipinski definition) is 5. The third-order valence-corrected chi connectivity index (χ3v) is 3.12. The molecule has 0 aliphatic heterocycles. The molecule has 2 N–H and O–H groups in total. The summed E-state index contributed by atoms with van der Waals surface area (Å²) in [4.78, 5) is 27.7. The van der Waals surface area contributed by atoms with Crippen LogP contribution in [-0.2, 0) is 4.74 Å². The molecule has 0 radical (unpaired) electrons. The van der Waals surface area contributed by atoms with E-state index in [0.29, 0.717) is 31.4 Å². The molecule has 1 saturated carbocycles. The van der Waals surface area contributed by atoms with Gasteiger partial charge >= 0.3 is 6.09 Å². The minimum atomic E-state index is -0.496. The summed E-state index contributed by atoms with van der Waals surface area (Å²) < 4.78 is 6.86. The Morgan fingerprint density at radius 2 is 2.14 bits per heavy atom. The maximum atomic E-state index is 12.1. The van der Waals surface area contributed by atoms with Crippen molar-refractivity contribution in [2.45, 2.75) is 51.7 Å². The van der Waals surface area contributed by atoms with E-state index in [-0.39, 0.29) is 5.56 Å². The van der Waals surface area contributed by atoms with Gasteiger partial charge in [0.1, 0.15) is 5.60 Å². The zero-order chi connectivity index (χ0) is 16.2. The number of aromatic nitrogens is 2. The quantitative estimate of drug-likeness (QED) is 0.784. The molecule has 1 aliphatic carbocycles. The van der Waals surface area contributed by atoms with Gasteiger partial charge in [-0.1, -0.05) is 0 Å². The van der Waals surface area contributed by atoms with Gasteiger partial charge in [-0.25, -0.2) is 9.78 Å². The van der Waals surface area contributed by atoms with Crippen molar-refractivity contribution in [1.82, 2.24) is 14.9 Å². The summed E-state index contributed by atoms with van der Waals surface area (Å²) in [5, 5.41) is 5.70. The van der Waals surface area contributed by atoms with Gasteiger partial charge < -0.3 is 19.9 Å². The van der Waals surface area contributed by atoms with E-state index < -0.39 is 11.7 Å². The standard InChI is InChI=1S/C15H24N4O3/c1-15(2,3)22-14(21)18-8-4-7-16-12-13(20)19(10-9-17-12)11-5-6-11/h9-11H,4-8H2,1-3H3,(H,16,17)(H,18,21). The van der Waals surface area contributed by atoms with E-state index in [2.05, 4.69) is 15.6 Å². The highest BCUT2D eigenvalue weighted by Gasteiger charge is 2.25. The zero-order valence-corrected chi connectivity index (χ0v) is 13.4. The normalized spacial score (nSPS) is 14.5. The lowest BCUT2D eigenvalue weighted by Crippen LogP contribution is -2.33. The molecule has 122 valence electrons. The van der Waals surface area contributed by atoms with Crippen LogP contribution >= 0.6 is 0 Å². The summed E-state index contributed by atoms with van der Waals surface area (Å²) in [6, 6.07) is 0.338. The predicted molar refractivity (Wildman–Crippen MR) is 84.1 cm³/mol. The van der Waals surface area contributed by atoms with E-state index in [1.54, 1.807) is 17.0 Å². The number of nitrogens with zero attached hydrogens (tertiary/aromatic N) is 2. The number of rotatable bonds is 6. The second-order valence-electron chi connectivity index (χ2n) is 6.43. The first-order valence-corrected chi connectivity index (χ1v) is 7.65. The number of anilines is 1. The first-order chi connectivity index (χ1) is 10.4. The van der Waals surface area contributed by atoms with Crippen molar-refractivity contribution >= 4 is 11.9 Å². The van der Waals surface area contributed by atoms with E-state index in [0.717, 1.165) is 12.8 Å². The van der Waals surface area contributed by atoms with Gasteiger partial charge in [0, 0.05) is 31.5 Å². The van der Waals surface area contributed by atoms with Crippen molar-refractivity contribution in [2.24, 2.45) is 0 Å². The Bertz CT molecular complexity index is 573. The fourth-order valence-corrected chi connectivity index (χ4v) is 1.99. The Morgan fingerprint density at radius 3 is 2.77 bits per heavy atom. The van der Waals surface area contributed by atoms with E-state index >= 15 is 0 Å². The molecule has 1 aliphatic rings. The van der Waals surface area contributed by atoms with Crippen LogP contribution in [0, 0.1) is 0 Å². The van der Waals surface area contributed by atoms with Crippen LogP contribution in [0.15, 0.2) is 17.2 Å². The number of carbonyl (C=O) groups is 1. The van der Waals surface area contributed by atoms with Gasteiger partial charge in [0.05, 0.1) is 0 Å². The molecule has 0 spiro atoms. The second kappa shape index (κ2) is 6.81. The Labute approximate surface area is 130 Å². The smallest absolute Gasteiger partial charge is 0.407 e. The van der Waals surface area contributed by atoms with Crippen LogP contribution in [0.1, 0.15) is 46.1 Å². The summed E-state index contributed by atoms with van der Waals surface area (Å²) in [5.41, 5.74) is -0.574. The molecule has 1 fully saturated rings. The summed E-state index contributed by atoms with van der Waals surface area (Å²) in [5.74, 6) is 0.367. The van der Waals surface area contributed by atoms with Gasteiger partial charge in [-0.2, -0.15) is 0 Å². The fraction of sp³-hybridized carbons (Fsp3) is 0.667. The fourth-order valence-electron chi connectivity index (χ4n) is 1.99. The maximum absolute atomic E-state index is 12.1. The summed E-state index contributed by atoms with van der Waals surface area (Å²) >= 11 is 0. The Kier molecular flexibility index (Phi) is 5.05. The molecular formula is C15H24N4O3. The molecule has 1 aromatic heterocycles. The average Bonchev–Trinajstić information content (AvgIpc) is 3.22. The third kappa shape index (κ3) is 5.05. The summed E-state index contributed by atoms with van der Waals surface area (Å²) in [6.07, 6.45) is 5.74. The number of hydrogen-bond donors (Lipinski definition) is 2. The molecule has 0 saturated heterocycles. The van der Waals surface area contributed by atoms with Crippen LogP contribution in [-0.4, -0.2) is 34.3 Å². The monoisotopic (exact) mass is 308 g/mol. The minimum absolute atomic E-state index is 0.0786. The number of amides is 1. The van der Waals surface area contributed by atoms with Crippen molar-refractivity contribution in [3.05, 3.63) is 22.7 Å². The highest BCUT2D eigenvalue weighted by molar-refractivity contribution is 5.67. The van der Waals surface area contributed by atoms with Gasteiger partial charge in [-0.05, 0) is 40.0 Å². The molecule has 7 nitrogen and oxygen atoms in total. The van der Waals surface area contributed by atoms with Crippen LogP contribution in [0.4, 0.5) is 10.6 Å². The zero-order valence-electron chi connectivity index (χ0n) is 13.4. The lowest BCUT2D eigenvalue weighted by atomic mass is 10.2. The van der Waals surface area contributed by atoms with Gasteiger partial charge in [-0.15, -0.1) is 0 Å². The van der Waals surface area contributed by atoms with E-state index in [4.69, 9.17) is 4.74 Å². The van der Waals surface area contributed by atoms with Crippen LogP contribution in [0.25, 0.3) is 0 Å². The van der Waals surface area contributed by atoms with Crippen LogP contribution < -0.4 is 16.2 Å². The SMILES string of the molecule is CC(C)(C)OC(=O)NCCCNc1nccn(C2CC2)c1=O. The van der Waals surface area contributed by atoms with Crippen molar-refractivity contribution in [1.29, 1.82) is 0 Å². The molecule has 0 bridgehead atoms. The molecule has 22 heavy (non-hydrogen) atoms. The minimum Gasteiger partial charge on any atom is -0.444 e.